The summed E-state index contributed by atoms with van der Waals surface area (Å²) >= 11 is 0. The molecule has 30 heavy (non-hydrogen) atoms. The third kappa shape index (κ3) is 5.21. The number of carbonyl (C=O) groups is 3. The van der Waals surface area contributed by atoms with Gasteiger partial charge in [-0.15, -0.1) is 0 Å². The van der Waals surface area contributed by atoms with Gasteiger partial charge < -0.3 is 15.4 Å². The molecule has 0 saturated heterocycles. The lowest BCUT2D eigenvalue weighted by atomic mass is 9.84. The number of aryl methyl sites for hydroxylation is 1. The maximum atomic E-state index is 12.6. The predicted molar refractivity (Wildman–Crippen MR) is 115 cm³/mol. The molecule has 5 atom stereocenters. The average molecular weight is 415 g/mol. The Balaban J connectivity index is 1.49. The summed E-state index contributed by atoms with van der Waals surface area (Å²) in [5.74, 6) is 0.705. The molecular weight excluding hydrogens is 380 g/mol. The second-order valence-electron chi connectivity index (χ2n) is 9.31. The molecule has 3 rings (SSSR count). The van der Waals surface area contributed by atoms with Gasteiger partial charge in [0.15, 0.2) is 6.61 Å². The van der Waals surface area contributed by atoms with Crippen LogP contribution in [0.25, 0.3) is 0 Å². The number of carbonyl (C=O) groups excluding carboxylic acids is 3. The first-order valence-corrected chi connectivity index (χ1v) is 11.1. The lowest BCUT2D eigenvalue weighted by Crippen LogP contribution is -2.47. The van der Waals surface area contributed by atoms with Gasteiger partial charge in [-0.05, 0) is 68.4 Å². The lowest BCUT2D eigenvalue weighted by molar-refractivity contribution is -0.151. The van der Waals surface area contributed by atoms with Gasteiger partial charge in [0.1, 0.15) is 6.04 Å². The molecule has 0 aromatic heterocycles. The van der Waals surface area contributed by atoms with Crippen LogP contribution in [0, 0.1) is 30.6 Å². The highest BCUT2D eigenvalue weighted by atomic mass is 16.5. The fourth-order valence-electron chi connectivity index (χ4n) is 5.08. The van der Waals surface area contributed by atoms with Crippen LogP contribution in [0.2, 0.25) is 0 Å². The number of amides is 2. The van der Waals surface area contributed by atoms with Gasteiger partial charge in [0, 0.05) is 11.6 Å². The van der Waals surface area contributed by atoms with Crippen molar-refractivity contribution in [2.24, 2.45) is 23.7 Å². The van der Waals surface area contributed by atoms with Gasteiger partial charge in [0.25, 0.3) is 11.8 Å². The Hall–Kier alpha value is -2.37. The summed E-state index contributed by atoms with van der Waals surface area (Å²) in [4.78, 5) is 37.5. The van der Waals surface area contributed by atoms with Crippen molar-refractivity contribution in [3.05, 3.63) is 35.4 Å². The molecular formula is C24H34N2O4. The first-order chi connectivity index (χ1) is 14.3. The minimum Gasteiger partial charge on any atom is -0.454 e. The van der Waals surface area contributed by atoms with Gasteiger partial charge in [-0.25, -0.2) is 4.79 Å². The first kappa shape index (κ1) is 22.3. The van der Waals surface area contributed by atoms with Crippen molar-refractivity contribution in [1.29, 1.82) is 0 Å². The van der Waals surface area contributed by atoms with E-state index in [-0.39, 0.29) is 30.4 Å². The third-order valence-corrected chi connectivity index (χ3v) is 6.77. The minimum absolute atomic E-state index is 0.0909. The maximum absolute atomic E-state index is 12.6. The number of fused-ring (bicyclic) bond motifs is 2. The van der Waals surface area contributed by atoms with Crippen LogP contribution >= 0.6 is 0 Å². The Morgan fingerprint density at radius 2 is 1.80 bits per heavy atom. The molecule has 6 heteroatoms. The normalized spacial score (nSPS) is 24.4. The van der Waals surface area contributed by atoms with Crippen molar-refractivity contribution in [1.82, 2.24) is 10.6 Å². The quantitative estimate of drug-likeness (QED) is 0.640. The summed E-state index contributed by atoms with van der Waals surface area (Å²) in [6.45, 7) is 7.24. The zero-order valence-electron chi connectivity index (χ0n) is 18.4. The van der Waals surface area contributed by atoms with Crippen LogP contribution in [0.1, 0.15) is 62.4 Å². The number of rotatable bonds is 8. The summed E-state index contributed by atoms with van der Waals surface area (Å²) < 4.78 is 5.25. The standard InChI is InChI=1S/C24H34N2O4/c1-14(2)22(26-23(28)19-8-6-5-7-15(19)3)24(29)30-13-21(27)25-16(4)20-12-17-9-10-18(20)11-17/h5-8,14,16-18,20,22H,9-13H2,1-4H3,(H,25,27)(H,26,28)/t16-,17-,18-,20-,22-/m0/s1. The smallest absolute Gasteiger partial charge is 0.329 e. The Labute approximate surface area is 179 Å². The van der Waals surface area contributed by atoms with Crippen molar-refractivity contribution in [3.63, 3.8) is 0 Å². The highest BCUT2D eigenvalue weighted by Gasteiger charge is 2.42. The van der Waals surface area contributed by atoms with E-state index in [0.717, 1.165) is 17.4 Å². The highest BCUT2D eigenvalue weighted by molar-refractivity contribution is 5.98. The van der Waals surface area contributed by atoms with E-state index in [1.54, 1.807) is 12.1 Å². The Morgan fingerprint density at radius 1 is 1.07 bits per heavy atom. The predicted octanol–water partition coefficient (Wildman–Crippen LogP) is 3.23. The lowest BCUT2D eigenvalue weighted by Gasteiger charge is -2.28. The minimum atomic E-state index is -0.812. The van der Waals surface area contributed by atoms with Crippen molar-refractivity contribution >= 4 is 17.8 Å². The van der Waals surface area contributed by atoms with Gasteiger partial charge in [0.05, 0.1) is 0 Å². The highest BCUT2D eigenvalue weighted by Crippen LogP contribution is 2.49. The van der Waals surface area contributed by atoms with Crippen molar-refractivity contribution in [2.45, 2.75) is 65.5 Å². The van der Waals surface area contributed by atoms with Gasteiger partial charge in [-0.2, -0.15) is 0 Å². The molecule has 1 aromatic rings. The van der Waals surface area contributed by atoms with Crippen LogP contribution in [0.3, 0.4) is 0 Å². The van der Waals surface area contributed by atoms with Gasteiger partial charge >= 0.3 is 5.97 Å². The molecule has 2 saturated carbocycles. The van der Waals surface area contributed by atoms with Crippen LogP contribution < -0.4 is 10.6 Å². The Bertz CT molecular complexity index is 791. The number of ether oxygens (including phenoxy) is 1. The van der Waals surface area contributed by atoms with E-state index in [1.807, 2.05) is 39.8 Å². The first-order valence-electron chi connectivity index (χ1n) is 11.1. The number of hydrogen-bond acceptors (Lipinski definition) is 4. The van der Waals surface area contributed by atoms with E-state index in [0.29, 0.717) is 11.5 Å². The number of nitrogens with one attached hydrogen (secondary N) is 2. The van der Waals surface area contributed by atoms with Gasteiger partial charge in [0.2, 0.25) is 0 Å². The summed E-state index contributed by atoms with van der Waals surface area (Å²) in [6.07, 6.45) is 5.06. The van der Waals surface area contributed by atoms with E-state index >= 15 is 0 Å². The van der Waals surface area contributed by atoms with Crippen LogP contribution in [0.4, 0.5) is 0 Å². The molecule has 164 valence electrons. The number of hydrogen-bond donors (Lipinski definition) is 2. The molecule has 6 nitrogen and oxygen atoms in total. The van der Waals surface area contributed by atoms with Gasteiger partial charge in [-0.1, -0.05) is 38.5 Å². The van der Waals surface area contributed by atoms with Crippen molar-refractivity contribution in [2.75, 3.05) is 6.61 Å². The molecule has 1 aromatic carbocycles. The maximum Gasteiger partial charge on any atom is 0.329 e. The molecule has 2 aliphatic carbocycles. The Morgan fingerprint density at radius 3 is 2.40 bits per heavy atom. The van der Waals surface area contributed by atoms with E-state index in [2.05, 4.69) is 10.6 Å². The van der Waals surface area contributed by atoms with E-state index in [1.165, 1.54) is 25.7 Å². The summed E-state index contributed by atoms with van der Waals surface area (Å²) in [7, 11) is 0. The molecule has 0 radical (unpaired) electrons. The fraction of sp³-hybridized carbons (Fsp3) is 0.625. The van der Waals surface area contributed by atoms with Crippen molar-refractivity contribution < 1.29 is 19.1 Å². The number of esters is 1. The molecule has 0 heterocycles. The molecule has 2 N–H and O–H groups in total. The topological polar surface area (TPSA) is 84.5 Å². The fourth-order valence-corrected chi connectivity index (χ4v) is 5.08. The Kier molecular flexibility index (Phi) is 7.16. The van der Waals surface area contributed by atoms with E-state index in [4.69, 9.17) is 4.74 Å². The largest absolute Gasteiger partial charge is 0.454 e. The second kappa shape index (κ2) is 9.63. The molecule has 2 aliphatic rings. The molecule has 2 amide bonds. The summed E-state index contributed by atoms with van der Waals surface area (Å²) in [5, 5.41) is 5.76. The molecule has 0 aliphatic heterocycles. The SMILES string of the molecule is Cc1ccccc1C(=O)N[C@H](C(=O)OCC(=O)N[C@@H](C)[C@@H]1C[C@H]2CC[C@H]1C2)C(C)C. The van der Waals surface area contributed by atoms with Crippen LogP contribution in [-0.4, -0.2) is 36.5 Å². The monoisotopic (exact) mass is 414 g/mol. The molecule has 2 fully saturated rings. The number of benzene rings is 1. The van der Waals surface area contributed by atoms with E-state index in [9.17, 15) is 14.4 Å². The summed E-state index contributed by atoms with van der Waals surface area (Å²) in [5.41, 5.74) is 1.35. The van der Waals surface area contributed by atoms with E-state index < -0.39 is 12.0 Å². The zero-order chi connectivity index (χ0) is 21.8. The molecule has 0 unspecified atom stereocenters. The molecule has 2 bridgehead atoms. The average Bonchev–Trinajstić information content (AvgIpc) is 3.34. The third-order valence-electron chi connectivity index (χ3n) is 6.77. The summed E-state index contributed by atoms with van der Waals surface area (Å²) in [6, 6.07) is 6.49. The van der Waals surface area contributed by atoms with Gasteiger partial charge in [-0.3, -0.25) is 9.59 Å². The molecule has 0 spiro atoms. The van der Waals surface area contributed by atoms with Crippen LogP contribution in [0.5, 0.6) is 0 Å². The van der Waals surface area contributed by atoms with Crippen molar-refractivity contribution in [3.8, 4) is 0 Å². The van der Waals surface area contributed by atoms with Crippen LogP contribution in [0.15, 0.2) is 24.3 Å². The second-order valence-corrected chi connectivity index (χ2v) is 9.31. The van der Waals surface area contributed by atoms with Crippen LogP contribution in [-0.2, 0) is 14.3 Å². The zero-order valence-corrected chi connectivity index (χ0v) is 18.4.